The number of carbonyl (C=O) groups is 2. The van der Waals surface area contributed by atoms with Crippen molar-refractivity contribution in [1.29, 1.82) is 0 Å². The molecule has 1 aromatic rings. The number of nitrogens with two attached hydrogens (primary N) is 6. The summed E-state index contributed by atoms with van der Waals surface area (Å²) < 4.78 is 0. The average molecular weight is 485 g/mol. The zero-order chi connectivity index (χ0) is 26.2. The standard InChI is InChI=1S/C9H11NO2.C7H19N3.C6H14N4O2/c10-8(9(11)12)6-7-4-2-1-3-5-7;8-4-1-2-6-10-7-3-5-9;7-4(5(11)12)2-1-3-10-6(8)9/h1-5,8H,6,10H2,(H,11,12);10H,1-9H2;4H,1-3,7H2,(H,11,12)(H4,8,9,10). The molecule has 0 aliphatic heterocycles. The maximum absolute atomic E-state index is 10.4. The molecule has 15 N–H and O–H groups in total. The number of carboxylic acid groups (broad SMARTS) is 2. The van der Waals surface area contributed by atoms with Crippen LogP contribution < -0.4 is 39.7 Å². The van der Waals surface area contributed by atoms with Gasteiger partial charge >= 0.3 is 11.9 Å². The highest BCUT2D eigenvalue weighted by molar-refractivity contribution is 5.75. The quantitative estimate of drug-likeness (QED) is 0.0807. The molecule has 0 heterocycles. The molecule has 0 aromatic heterocycles. The SMILES string of the molecule is NC(Cc1ccccc1)C(=O)O.NC(N)=NCCCC(N)C(=O)O.NCCCCNCCCN. The van der Waals surface area contributed by atoms with Gasteiger partial charge in [0, 0.05) is 6.54 Å². The molecule has 0 spiro atoms. The Bertz CT molecular complexity index is 650. The van der Waals surface area contributed by atoms with Gasteiger partial charge in [0.15, 0.2) is 5.96 Å². The summed E-state index contributed by atoms with van der Waals surface area (Å²) in [5.74, 6) is -1.95. The van der Waals surface area contributed by atoms with Gasteiger partial charge in [-0.15, -0.1) is 0 Å². The van der Waals surface area contributed by atoms with E-state index < -0.39 is 24.0 Å². The summed E-state index contributed by atoms with van der Waals surface area (Å²) >= 11 is 0. The molecule has 0 saturated carbocycles. The molecule has 2 unspecified atom stereocenters. The van der Waals surface area contributed by atoms with Crippen molar-refractivity contribution >= 4 is 17.9 Å². The van der Waals surface area contributed by atoms with Crippen molar-refractivity contribution in [2.24, 2.45) is 39.4 Å². The average Bonchev–Trinajstić information content (AvgIpc) is 2.80. The minimum absolute atomic E-state index is 0.0129. The van der Waals surface area contributed by atoms with Crippen LogP contribution in [0.5, 0.6) is 0 Å². The fourth-order valence-corrected chi connectivity index (χ4v) is 2.34. The molecule has 0 bridgehead atoms. The Morgan fingerprint density at radius 2 is 1.41 bits per heavy atom. The van der Waals surface area contributed by atoms with E-state index in [4.69, 9.17) is 44.6 Å². The normalized spacial score (nSPS) is 11.6. The van der Waals surface area contributed by atoms with E-state index in [2.05, 4.69) is 10.3 Å². The second-order valence-corrected chi connectivity index (χ2v) is 7.42. The Labute approximate surface area is 202 Å². The van der Waals surface area contributed by atoms with Crippen LogP contribution in [-0.2, 0) is 16.0 Å². The molecule has 0 fully saturated rings. The van der Waals surface area contributed by atoms with Crippen LogP contribution in [0.15, 0.2) is 35.3 Å². The number of aliphatic carboxylic acids is 2. The highest BCUT2D eigenvalue weighted by atomic mass is 16.4. The van der Waals surface area contributed by atoms with Crippen molar-refractivity contribution in [2.75, 3.05) is 32.7 Å². The third-order valence-electron chi connectivity index (χ3n) is 4.27. The molecule has 0 radical (unpaired) electrons. The van der Waals surface area contributed by atoms with Crippen LogP contribution in [0.3, 0.4) is 0 Å². The maximum Gasteiger partial charge on any atom is 0.320 e. The molecule has 2 atom stereocenters. The number of aliphatic imine (C=N–C) groups is 1. The Hall–Kier alpha value is -2.77. The van der Waals surface area contributed by atoms with E-state index in [1.807, 2.05) is 30.3 Å². The smallest absolute Gasteiger partial charge is 0.320 e. The molecular weight excluding hydrogens is 440 g/mol. The fourth-order valence-electron chi connectivity index (χ4n) is 2.34. The van der Waals surface area contributed by atoms with E-state index in [-0.39, 0.29) is 5.96 Å². The lowest BCUT2D eigenvalue weighted by Gasteiger charge is -2.04. The van der Waals surface area contributed by atoms with Crippen molar-refractivity contribution < 1.29 is 19.8 Å². The molecule has 12 heteroatoms. The third-order valence-corrected chi connectivity index (χ3v) is 4.27. The summed E-state index contributed by atoms with van der Waals surface area (Å²) in [5.41, 5.74) is 32.3. The second-order valence-electron chi connectivity index (χ2n) is 7.42. The van der Waals surface area contributed by atoms with Crippen LogP contribution in [-0.4, -0.2) is 72.9 Å². The monoisotopic (exact) mass is 484 g/mol. The number of benzene rings is 1. The molecule has 1 aromatic carbocycles. The van der Waals surface area contributed by atoms with E-state index in [9.17, 15) is 9.59 Å². The second kappa shape index (κ2) is 23.4. The highest BCUT2D eigenvalue weighted by Gasteiger charge is 2.11. The molecule has 0 aliphatic carbocycles. The largest absolute Gasteiger partial charge is 0.480 e. The van der Waals surface area contributed by atoms with Gasteiger partial charge in [-0.3, -0.25) is 14.6 Å². The van der Waals surface area contributed by atoms with Crippen molar-refractivity contribution in [3.05, 3.63) is 35.9 Å². The molecule has 196 valence electrons. The summed E-state index contributed by atoms with van der Waals surface area (Å²) in [6, 6.07) is 7.72. The summed E-state index contributed by atoms with van der Waals surface area (Å²) in [5, 5.41) is 20.2. The van der Waals surface area contributed by atoms with Gasteiger partial charge in [0.1, 0.15) is 12.1 Å². The van der Waals surface area contributed by atoms with E-state index in [0.717, 1.165) is 44.6 Å². The number of rotatable bonds is 15. The number of nitrogens with zero attached hydrogens (tertiary/aromatic N) is 1. The summed E-state index contributed by atoms with van der Waals surface area (Å²) in [4.78, 5) is 24.3. The first-order valence-corrected chi connectivity index (χ1v) is 11.3. The lowest BCUT2D eigenvalue weighted by atomic mass is 10.1. The number of nitrogens with one attached hydrogen (secondary N) is 1. The van der Waals surface area contributed by atoms with Crippen LogP contribution in [0.1, 0.15) is 37.7 Å². The van der Waals surface area contributed by atoms with Crippen LogP contribution >= 0.6 is 0 Å². The molecular formula is C22H44N8O4. The van der Waals surface area contributed by atoms with Crippen molar-refractivity contribution in [3.8, 4) is 0 Å². The number of carboxylic acids is 2. The first-order valence-electron chi connectivity index (χ1n) is 11.3. The highest BCUT2D eigenvalue weighted by Crippen LogP contribution is 2.01. The Kier molecular flexibility index (Phi) is 23.0. The lowest BCUT2D eigenvalue weighted by Crippen LogP contribution is -2.32. The van der Waals surface area contributed by atoms with Gasteiger partial charge in [-0.2, -0.15) is 0 Å². The van der Waals surface area contributed by atoms with Gasteiger partial charge < -0.3 is 49.9 Å². The van der Waals surface area contributed by atoms with Crippen molar-refractivity contribution in [3.63, 3.8) is 0 Å². The summed E-state index contributed by atoms with van der Waals surface area (Å²) in [7, 11) is 0. The number of hydrogen-bond donors (Lipinski definition) is 9. The van der Waals surface area contributed by atoms with Crippen molar-refractivity contribution in [2.45, 2.75) is 50.6 Å². The summed E-state index contributed by atoms with van der Waals surface area (Å²) in [6.45, 7) is 4.13. The Morgan fingerprint density at radius 3 is 1.91 bits per heavy atom. The predicted molar refractivity (Wildman–Crippen MR) is 136 cm³/mol. The number of guanidine groups is 1. The molecule has 0 amide bonds. The van der Waals surface area contributed by atoms with Crippen LogP contribution in [0.2, 0.25) is 0 Å². The van der Waals surface area contributed by atoms with Gasteiger partial charge in [0.25, 0.3) is 0 Å². The van der Waals surface area contributed by atoms with Crippen molar-refractivity contribution in [1.82, 2.24) is 5.32 Å². The minimum atomic E-state index is -1.00. The molecule has 12 nitrogen and oxygen atoms in total. The fraction of sp³-hybridized carbons (Fsp3) is 0.591. The van der Waals surface area contributed by atoms with Gasteiger partial charge in [-0.05, 0) is 70.3 Å². The molecule has 0 saturated heterocycles. The zero-order valence-corrected chi connectivity index (χ0v) is 19.9. The van der Waals surface area contributed by atoms with Gasteiger partial charge in [-0.1, -0.05) is 30.3 Å². The van der Waals surface area contributed by atoms with Gasteiger partial charge in [-0.25, -0.2) is 0 Å². The zero-order valence-electron chi connectivity index (χ0n) is 19.9. The Balaban J connectivity index is 0. The molecule has 0 aliphatic rings. The van der Waals surface area contributed by atoms with E-state index in [1.165, 1.54) is 6.42 Å². The first-order chi connectivity index (χ1) is 16.1. The van der Waals surface area contributed by atoms with E-state index >= 15 is 0 Å². The minimum Gasteiger partial charge on any atom is -0.480 e. The van der Waals surface area contributed by atoms with Crippen LogP contribution in [0, 0.1) is 0 Å². The van der Waals surface area contributed by atoms with Crippen LogP contribution in [0.25, 0.3) is 0 Å². The predicted octanol–water partition coefficient (Wildman–Crippen LogP) is -1.24. The van der Waals surface area contributed by atoms with E-state index in [0.29, 0.717) is 25.8 Å². The lowest BCUT2D eigenvalue weighted by molar-refractivity contribution is -0.139. The maximum atomic E-state index is 10.4. The van der Waals surface area contributed by atoms with E-state index in [1.54, 1.807) is 0 Å². The molecule has 34 heavy (non-hydrogen) atoms. The van der Waals surface area contributed by atoms with Gasteiger partial charge in [0.05, 0.1) is 0 Å². The topological polar surface area (TPSA) is 255 Å². The molecule has 1 rings (SSSR count). The first kappa shape index (κ1) is 33.4. The Morgan fingerprint density at radius 1 is 0.853 bits per heavy atom. The van der Waals surface area contributed by atoms with Crippen LogP contribution in [0.4, 0.5) is 0 Å². The van der Waals surface area contributed by atoms with Gasteiger partial charge in [0.2, 0.25) is 0 Å². The number of hydrogen-bond acceptors (Lipinski definition) is 8. The number of unbranched alkanes of at least 4 members (excludes halogenated alkanes) is 1. The summed E-state index contributed by atoms with van der Waals surface area (Å²) in [6.07, 6.45) is 4.72. The third kappa shape index (κ3) is 23.9.